The minimum Gasteiger partial charge on any atom is -0.383 e. The number of nitrogens with zero attached hydrogens (tertiary/aromatic N) is 1. The van der Waals surface area contributed by atoms with E-state index in [2.05, 4.69) is 23.3 Å². The summed E-state index contributed by atoms with van der Waals surface area (Å²) in [5.41, 5.74) is 2.95. The van der Waals surface area contributed by atoms with Crippen LogP contribution in [0.5, 0.6) is 0 Å². The molecule has 2 nitrogen and oxygen atoms in total. The van der Waals surface area contributed by atoms with E-state index in [-0.39, 0.29) is 0 Å². The zero-order chi connectivity index (χ0) is 11.2. The molecule has 0 bridgehead atoms. The Kier molecular flexibility index (Phi) is 2.28. The minimum absolute atomic E-state index is 0.500. The molecule has 1 saturated carbocycles. The Hall–Kier alpha value is -0.890. The first-order valence-corrected chi connectivity index (χ1v) is 6.31. The zero-order valence-corrected chi connectivity index (χ0v) is 10.3. The number of hydrogen-bond donors (Lipinski definition) is 1. The first-order valence-electron chi connectivity index (χ1n) is 5.93. The van der Waals surface area contributed by atoms with Crippen molar-refractivity contribution in [3.05, 3.63) is 23.2 Å². The van der Waals surface area contributed by atoms with Crippen molar-refractivity contribution in [3.8, 4) is 0 Å². The van der Waals surface area contributed by atoms with Crippen LogP contribution in [0.3, 0.4) is 0 Å². The van der Waals surface area contributed by atoms with Crippen molar-refractivity contribution >= 4 is 23.0 Å². The summed E-state index contributed by atoms with van der Waals surface area (Å²) in [5, 5.41) is 4.37. The highest BCUT2D eigenvalue weighted by molar-refractivity contribution is 6.31. The Morgan fingerprint density at radius 1 is 1.38 bits per heavy atom. The molecule has 1 aromatic carbocycles. The topological polar surface area (TPSA) is 15.3 Å². The molecule has 0 aromatic heterocycles. The molecule has 1 fully saturated rings. The molecule has 0 saturated heterocycles. The van der Waals surface area contributed by atoms with Crippen molar-refractivity contribution in [2.45, 2.75) is 19.3 Å². The van der Waals surface area contributed by atoms with Gasteiger partial charge in [-0.1, -0.05) is 18.0 Å². The lowest BCUT2D eigenvalue weighted by Gasteiger charge is -2.43. The maximum atomic E-state index is 6.04. The van der Waals surface area contributed by atoms with E-state index in [4.69, 9.17) is 11.6 Å². The number of fused-ring (bicyclic) bond motifs is 1. The molecule has 86 valence electrons. The normalized spacial score (nSPS) is 22.0. The van der Waals surface area contributed by atoms with Gasteiger partial charge in [-0.2, -0.15) is 0 Å². The number of benzene rings is 1. The lowest BCUT2D eigenvalue weighted by Crippen LogP contribution is -2.43. The average molecular weight is 237 g/mol. The second kappa shape index (κ2) is 3.56. The van der Waals surface area contributed by atoms with Gasteiger partial charge in [0.2, 0.25) is 0 Å². The van der Waals surface area contributed by atoms with Gasteiger partial charge >= 0.3 is 0 Å². The molecule has 16 heavy (non-hydrogen) atoms. The number of anilines is 2. The van der Waals surface area contributed by atoms with E-state index in [0.29, 0.717) is 5.41 Å². The van der Waals surface area contributed by atoms with Crippen LogP contribution in [0.1, 0.15) is 19.3 Å². The van der Waals surface area contributed by atoms with E-state index in [1.54, 1.807) is 0 Å². The van der Waals surface area contributed by atoms with Crippen LogP contribution in [0, 0.1) is 5.41 Å². The maximum absolute atomic E-state index is 6.04. The molecule has 1 heterocycles. The van der Waals surface area contributed by atoms with E-state index in [0.717, 1.165) is 18.1 Å². The van der Waals surface area contributed by atoms with Gasteiger partial charge in [0.25, 0.3) is 0 Å². The molecule has 2 aliphatic rings. The summed E-state index contributed by atoms with van der Waals surface area (Å²) in [6, 6.07) is 6.12. The average Bonchev–Trinajstić information content (AvgIpc) is 2.35. The fourth-order valence-electron chi connectivity index (χ4n) is 2.92. The van der Waals surface area contributed by atoms with Crippen LogP contribution in [0.2, 0.25) is 5.02 Å². The Morgan fingerprint density at radius 3 is 2.88 bits per heavy atom. The van der Waals surface area contributed by atoms with Gasteiger partial charge in [0.15, 0.2) is 0 Å². The van der Waals surface area contributed by atoms with Crippen LogP contribution >= 0.6 is 11.6 Å². The molecule has 1 aromatic rings. The fourth-order valence-corrected chi connectivity index (χ4v) is 3.09. The highest BCUT2D eigenvalue weighted by Gasteiger charge is 2.39. The van der Waals surface area contributed by atoms with Gasteiger partial charge in [-0.25, -0.2) is 0 Å². The molecule has 1 aliphatic heterocycles. The van der Waals surface area contributed by atoms with Crippen LogP contribution < -0.4 is 10.2 Å². The van der Waals surface area contributed by atoms with E-state index in [9.17, 15) is 0 Å². The van der Waals surface area contributed by atoms with Gasteiger partial charge in [0.1, 0.15) is 0 Å². The van der Waals surface area contributed by atoms with Crippen molar-refractivity contribution in [2.24, 2.45) is 5.41 Å². The molecule has 3 heteroatoms. The van der Waals surface area contributed by atoms with Gasteiger partial charge in [-0.15, -0.1) is 0 Å². The molecule has 1 spiro atoms. The predicted molar refractivity (Wildman–Crippen MR) is 69.5 cm³/mol. The summed E-state index contributed by atoms with van der Waals surface area (Å²) < 4.78 is 0. The van der Waals surface area contributed by atoms with Crippen LogP contribution in [0.15, 0.2) is 18.2 Å². The molecular weight excluding hydrogens is 220 g/mol. The van der Waals surface area contributed by atoms with Crippen molar-refractivity contribution in [1.29, 1.82) is 0 Å². The second-order valence-corrected chi connectivity index (χ2v) is 5.66. The summed E-state index contributed by atoms with van der Waals surface area (Å²) in [7, 11) is 2.18. The van der Waals surface area contributed by atoms with Crippen molar-refractivity contribution in [2.75, 3.05) is 30.4 Å². The standard InChI is InChI=1S/C13H17ClN2/c1-16-9-13(5-2-6-13)8-15-11-7-10(14)3-4-12(11)16/h3-4,7,15H,2,5-6,8-9H2,1H3. The first kappa shape index (κ1) is 10.3. The van der Waals surface area contributed by atoms with E-state index < -0.39 is 0 Å². The third-order valence-corrected chi connectivity index (χ3v) is 4.25. The SMILES string of the molecule is CN1CC2(CCC2)CNc2cc(Cl)ccc21. The van der Waals surface area contributed by atoms with E-state index in [1.165, 1.54) is 30.6 Å². The summed E-state index contributed by atoms with van der Waals surface area (Å²) in [5.74, 6) is 0. The first-order chi connectivity index (χ1) is 7.69. The largest absolute Gasteiger partial charge is 0.383 e. The molecule has 1 aliphatic carbocycles. The Labute approximate surface area is 102 Å². The van der Waals surface area contributed by atoms with Crippen molar-refractivity contribution < 1.29 is 0 Å². The third kappa shape index (κ3) is 1.56. The predicted octanol–water partition coefficient (Wildman–Crippen LogP) is 3.37. The Morgan fingerprint density at radius 2 is 2.19 bits per heavy atom. The molecule has 0 amide bonds. The maximum Gasteiger partial charge on any atom is 0.0600 e. The fraction of sp³-hybridized carbons (Fsp3) is 0.538. The Balaban J connectivity index is 1.95. The monoisotopic (exact) mass is 236 g/mol. The van der Waals surface area contributed by atoms with Crippen LogP contribution in [-0.2, 0) is 0 Å². The van der Waals surface area contributed by atoms with Crippen molar-refractivity contribution in [1.82, 2.24) is 0 Å². The molecule has 0 unspecified atom stereocenters. The number of rotatable bonds is 0. The molecule has 1 N–H and O–H groups in total. The summed E-state index contributed by atoms with van der Waals surface area (Å²) in [6.45, 7) is 2.25. The van der Waals surface area contributed by atoms with Crippen molar-refractivity contribution in [3.63, 3.8) is 0 Å². The Bertz CT molecular complexity index is 412. The van der Waals surface area contributed by atoms with Crippen LogP contribution in [0.25, 0.3) is 0 Å². The molecule has 0 atom stereocenters. The highest BCUT2D eigenvalue weighted by Crippen LogP contribution is 2.45. The highest BCUT2D eigenvalue weighted by atomic mass is 35.5. The lowest BCUT2D eigenvalue weighted by atomic mass is 9.68. The summed E-state index contributed by atoms with van der Waals surface area (Å²) >= 11 is 6.04. The third-order valence-electron chi connectivity index (χ3n) is 4.01. The van der Waals surface area contributed by atoms with Gasteiger partial charge in [-0.05, 0) is 31.0 Å². The summed E-state index contributed by atoms with van der Waals surface area (Å²) in [4.78, 5) is 2.37. The summed E-state index contributed by atoms with van der Waals surface area (Å²) in [6.07, 6.45) is 4.09. The molecule has 3 rings (SSSR count). The van der Waals surface area contributed by atoms with E-state index >= 15 is 0 Å². The molecular formula is C13H17ClN2. The smallest absolute Gasteiger partial charge is 0.0600 e. The van der Waals surface area contributed by atoms with Gasteiger partial charge in [0, 0.05) is 30.6 Å². The number of hydrogen-bond acceptors (Lipinski definition) is 2. The zero-order valence-electron chi connectivity index (χ0n) is 9.59. The molecule has 0 radical (unpaired) electrons. The quantitative estimate of drug-likeness (QED) is 0.743. The van der Waals surface area contributed by atoms with E-state index in [1.807, 2.05) is 12.1 Å². The van der Waals surface area contributed by atoms with Gasteiger partial charge in [-0.3, -0.25) is 0 Å². The number of halogens is 1. The van der Waals surface area contributed by atoms with Crippen LogP contribution in [0.4, 0.5) is 11.4 Å². The lowest BCUT2D eigenvalue weighted by molar-refractivity contribution is 0.162. The second-order valence-electron chi connectivity index (χ2n) is 5.22. The van der Waals surface area contributed by atoms with Crippen LogP contribution in [-0.4, -0.2) is 20.1 Å². The number of nitrogens with one attached hydrogen (secondary N) is 1. The van der Waals surface area contributed by atoms with Gasteiger partial charge in [0.05, 0.1) is 11.4 Å². The van der Waals surface area contributed by atoms with Gasteiger partial charge < -0.3 is 10.2 Å². The minimum atomic E-state index is 0.500.